The number of piperidine rings is 1. The molecule has 2 N–H and O–H groups in total. The average molecular weight is 385 g/mol. The lowest BCUT2D eigenvalue weighted by atomic mass is 9.92. The Labute approximate surface area is 155 Å². The molecular weight excluding hydrogens is 356 g/mol. The summed E-state index contributed by atoms with van der Waals surface area (Å²) in [5.74, 6) is 1.29. The number of sulfonamides is 1. The van der Waals surface area contributed by atoms with E-state index in [9.17, 15) is 18.5 Å². The monoisotopic (exact) mass is 384 g/mol. The smallest absolute Gasteiger partial charge is 0.293 e. The van der Waals surface area contributed by atoms with Gasteiger partial charge in [0.15, 0.2) is 0 Å². The molecule has 0 bridgehead atoms. The van der Waals surface area contributed by atoms with E-state index in [4.69, 9.17) is 0 Å². The molecule has 0 spiro atoms. The maximum absolute atomic E-state index is 11.9. The number of likely N-dealkylation sites (tertiary alicyclic amines) is 1. The molecule has 0 saturated carbocycles. The molecule has 3 atom stereocenters. The van der Waals surface area contributed by atoms with Gasteiger partial charge in [-0.2, -0.15) is 0 Å². The molecule has 0 unspecified atom stereocenters. The van der Waals surface area contributed by atoms with Gasteiger partial charge in [-0.3, -0.25) is 10.1 Å². The third-order valence-corrected chi connectivity index (χ3v) is 6.04. The van der Waals surface area contributed by atoms with E-state index in [0.29, 0.717) is 17.5 Å². The highest BCUT2D eigenvalue weighted by Gasteiger charge is 2.25. The number of nitrogens with one attached hydrogen (secondary N) is 2. The molecule has 146 valence electrons. The maximum atomic E-state index is 11.9. The second-order valence-electron chi connectivity index (χ2n) is 7.35. The predicted molar refractivity (Wildman–Crippen MR) is 102 cm³/mol. The fourth-order valence-electron chi connectivity index (χ4n) is 3.71. The second kappa shape index (κ2) is 8.32. The van der Waals surface area contributed by atoms with Gasteiger partial charge in [-0.1, -0.05) is 13.8 Å². The summed E-state index contributed by atoms with van der Waals surface area (Å²) < 4.78 is 25.9. The van der Waals surface area contributed by atoms with E-state index in [0.717, 1.165) is 25.7 Å². The van der Waals surface area contributed by atoms with Crippen LogP contribution in [0.25, 0.3) is 0 Å². The molecule has 2 rings (SSSR count). The van der Waals surface area contributed by atoms with E-state index >= 15 is 0 Å². The summed E-state index contributed by atoms with van der Waals surface area (Å²) in [7, 11) is -2.45. The summed E-state index contributed by atoms with van der Waals surface area (Å²) in [6, 6.07) is 3.92. The van der Waals surface area contributed by atoms with Crippen LogP contribution < -0.4 is 10.0 Å². The molecule has 1 aliphatic heterocycles. The minimum Gasteiger partial charge on any atom is -0.376 e. The van der Waals surface area contributed by atoms with Gasteiger partial charge in [-0.05, 0) is 44.4 Å². The molecule has 0 aliphatic carbocycles. The first-order chi connectivity index (χ1) is 12.1. The molecule has 1 heterocycles. The van der Waals surface area contributed by atoms with Crippen molar-refractivity contribution in [3.63, 3.8) is 0 Å². The predicted octanol–water partition coefficient (Wildman–Crippen LogP) is 2.28. The Balaban J connectivity index is 2.14. The van der Waals surface area contributed by atoms with Gasteiger partial charge in [0.2, 0.25) is 10.0 Å². The van der Waals surface area contributed by atoms with Gasteiger partial charge < -0.3 is 10.2 Å². The zero-order valence-corrected chi connectivity index (χ0v) is 16.5. The van der Waals surface area contributed by atoms with Crippen LogP contribution in [0.1, 0.15) is 27.2 Å². The van der Waals surface area contributed by atoms with Crippen molar-refractivity contribution < 1.29 is 13.3 Å². The van der Waals surface area contributed by atoms with E-state index in [1.165, 1.54) is 25.6 Å². The molecule has 9 heteroatoms. The number of nitrogens with zero attached hydrogens (tertiary/aromatic N) is 2. The van der Waals surface area contributed by atoms with Crippen molar-refractivity contribution in [1.82, 2.24) is 9.62 Å². The van der Waals surface area contributed by atoms with Gasteiger partial charge >= 0.3 is 0 Å². The Morgan fingerprint density at radius 3 is 2.46 bits per heavy atom. The number of benzene rings is 1. The Morgan fingerprint density at radius 2 is 1.92 bits per heavy atom. The van der Waals surface area contributed by atoms with Gasteiger partial charge in [0.25, 0.3) is 5.69 Å². The van der Waals surface area contributed by atoms with E-state index < -0.39 is 14.9 Å². The highest BCUT2D eigenvalue weighted by atomic mass is 32.2. The van der Waals surface area contributed by atoms with Gasteiger partial charge in [-0.25, -0.2) is 13.1 Å². The number of hydrogen-bond donors (Lipinski definition) is 2. The first kappa shape index (κ1) is 20.6. The number of rotatable bonds is 7. The minimum absolute atomic E-state index is 0.00189. The van der Waals surface area contributed by atoms with Crippen molar-refractivity contribution in [2.45, 2.75) is 38.1 Å². The third-order valence-electron chi connectivity index (χ3n) is 4.62. The van der Waals surface area contributed by atoms with E-state index in [1.54, 1.807) is 0 Å². The van der Waals surface area contributed by atoms with Gasteiger partial charge in [0.05, 0.1) is 9.82 Å². The fraction of sp³-hybridized carbons (Fsp3) is 0.647. The number of nitro groups is 1. The van der Waals surface area contributed by atoms with Gasteiger partial charge in [0.1, 0.15) is 5.69 Å². The van der Waals surface area contributed by atoms with E-state index in [2.05, 4.69) is 28.8 Å². The molecule has 26 heavy (non-hydrogen) atoms. The van der Waals surface area contributed by atoms with Gasteiger partial charge in [0, 0.05) is 31.7 Å². The Kier molecular flexibility index (Phi) is 6.59. The fourth-order valence-corrected chi connectivity index (χ4v) is 4.46. The summed E-state index contributed by atoms with van der Waals surface area (Å²) >= 11 is 0. The summed E-state index contributed by atoms with van der Waals surface area (Å²) in [6.07, 6.45) is 1.23. The van der Waals surface area contributed by atoms with Crippen LogP contribution in [-0.2, 0) is 10.0 Å². The molecule has 1 aromatic rings. The summed E-state index contributed by atoms with van der Waals surface area (Å²) in [6.45, 7) is 9.29. The largest absolute Gasteiger partial charge is 0.376 e. The minimum atomic E-state index is -3.72. The standard InChI is InChI=1S/C17H28N4O4S/c1-12-7-13(2)10-20(9-12)11-14(3)19-16-6-5-15(26(24,25)18-4)8-17(16)21(22)23/h5-6,8,12-14,18-19H,7,9-11H2,1-4H3/t12-,13-,14-/m1/s1. The number of anilines is 1. The first-order valence-corrected chi connectivity index (χ1v) is 10.3. The van der Waals surface area contributed by atoms with Crippen LogP contribution in [0.2, 0.25) is 0 Å². The SMILES string of the molecule is CNS(=O)(=O)c1ccc(N[C@H](C)CN2C[C@H](C)C[C@@H](C)C2)c([N+](=O)[O-])c1. The highest BCUT2D eigenvalue weighted by Crippen LogP contribution is 2.28. The zero-order chi connectivity index (χ0) is 19.5. The average Bonchev–Trinajstić information content (AvgIpc) is 2.53. The van der Waals surface area contributed by atoms with Crippen molar-refractivity contribution in [2.24, 2.45) is 11.8 Å². The van der Waals surface area contributed by atoms with Crippen molar-refractivity contribution in [3.8, 4) is 0 Å². The lowest BCUT2D eigenvalue weighted by Crippen LogP contribution is -2.43. The molecule has 1 aliphatic rings. The van der Waals surface area contributed by atoms with Crippen LogP contribution in [0.3, 0.4) is 0 Å². The summed E-state index contributed by atoms with van der Waals surface area (Å²) in [5, 5.41) is 14.6. The van der Waals surface area contributed by atoms with E-state index in [1.807, 2.05) is 6.92 Å². The van der Waals surface area contributed by atoms with Crippen LogP contribution in [-0.4, -0.2) is 51.0 Å². The number of nitro benzene ring substituents is 1. The van der Waals surface area contributed by atoms with Crippen LogP contribution in [0.15, 0.2) is 23.1 Å². The van der Waals surface area contributed by atoms with Crippen LogP contribution in [0, 0.1) is 22.0 Å². The van der Waals surface area contributed by atoms with E-state index in [-0.39, 0.29) is 16.6 Å². The molecule has 8 nitrogen and oxygen atoms in total. The van der Waals surface area contributed by atoms with Crippen LogP contribution in [0.4, 0.5) is 11.4 Å². The molecule has 1 aromatic carbocycles. The third kappa shape index (κ3) is 5.15. The quantitative estimate of drug-likeness (QED) is 0.552. The lowest BCUT2D eigenvalue weighted by molar-refractivity contribution is -0.384. The molecule has 0 amide bonds. The Bertz CT molecular complexity index is 743. The summed E-state index contributed by atoms with van der Waals surface area (Å²) in [5.41, 5.74) is 0.0872. The number of hydrogen-bond acceptors (Lipinski definition) is 6. The van der Waals surface area contributed by atoms with Gasteiger partial charge in [-0.15, -0.1) is 0 Å². The second-order valence-corrected chi connectivity index (χ2v) is 9.24. The molecule has 0 aromatic heterocycles. The normalized spacial score (nSPS) is 22.8. The highest BCUT2D eigenvalue weighted by molar-refractivity contribution is 7.89. The first-order valence-electron chi connectivity index (χ1n) is 8.83. The Morgan fingerprint density at radius 1 is 1.31 bits per heavy atom. The topological polar surface area (TPSA) is 105 Å². The maximum Gasteiger partial charge on any atom is 0.293 e. The Hall–Kier alpha value is -1.71. The van der Waals surface area contributed by atoms with Crippen molar-refractivity contribution >= 4 is 21.4 Å². The van der Waals surface area contributed by atoms with Crippen molar-refractivity contribution in [2.75, 3.05) is 32.0 Å². The molecule has 1 saturated heterocycles. The van der Waals surface area contributed by atoms with Crippen molar-refractivity contribution in [1.29, 1.82) is 0 Å². The molecule has 0 radical (unpaired) electrons. The lowest BCUT2D eigenvalue weighted by Gasteiger charge is -2.36. The van der Waals surface area contributed by atoms with Crippen molar-refractivity contribution in [3.05, 3.63) is 28.3 Å². The molecular formula is C17H28N4O4S. The molecule has 1 fully saturated rings. The summed E-state index contributed by atoms with van der Waals surface area (Å²) in [4.78, 5) is 13.1. The van der Waals surface area contributed by atoms with Crippen LogP contribution >= 0.6 is 0 Å². The van der Waals surface area contributed by atoms with Crippen LogP contribution in [0.5, 0.6) is 0 Å². The zero-order valence-electron chi connectivity index (χ0n) is 15.7.